The fourth-order valence-corrected chi connectivity index (χ4v) is 4.34. The smallest absolute Gasteiger partial charge is 0.406 e. The lowest BCUT2D eigenvalue weighted by Gasteiger charge is -2.33. The van der Waals surface area contributed by atoms with Gasteiger partial charge in [0.15, 0.2) is 0 Å². The van der Waals surface area contributed by atoms with Crippen LogP contribution in [0.15, 0.2) is 42.5 Å². The first kappa shape index (κ1) is 30.7. The molecule has 7 nitrogen and oxygen atoms in total. The predicted octanol–water partition coefficient (Wildman–Crippen LogP) is 4.81. The van der Waals surface area contributed by atoms with Crippen LogP contribution in [0.1, 0.15) is 62.0 Å². The first-order valence-electron chi connectivity index (χ1n) is 12.7. The SMILES string of the molecule is CC.CCNC(=O)C1(C)CCc2cc(C(N)=O)ccc2C1.O=C1CCOc2ccccc2N1CC(F)(F)F. The number of fused-ring (bicyclic) bond motifs is 2. The number of halogens is 3. The topological polar surface area (TPSA) is 102 Å². The first-order chi connectivity index (χ1) is 17.9. The van der Waals surface area contributed by atoms with Crippen molar-refractivity contribution >= 4 is 23.4 Å². The number of nitrogens with one attached hydrogen (secondary N) is 1. The molecule has 1 atom stereocenters. The maximum absolute atomic E-state index is 12.4. The minimum absolute atomic E-state index is 0.0508. The highest BCUT2D eigenvalue weighted by Gasteiger charge is 2.37. The van der Waals surface area contributed by atoms with Crippen molar-refractivity contribution in [3.63, 3.8) is 0 Å². The van der Waals surface area contributed by atoms with Crippen molar-refractivity contribution < 1.29 is 32.3 Å². The highest BCUT2D eigenvalue weighted by Crippen LogP contribution is 2.36. The molecule has 208 valence electrons. The Kier molecular flexibility index (Phi) is 10.7. The number of primary amides is 1. The van der Waals surface area contributed by atoms with Crippen molar-refractivity contribution in [1.29, 1.82) is 0 Å². The Bertz CT molecular complexity index is 1140. The molecule has 2 aromatic rings. The van der Waals surface area contributed by atoms with Gasteiger partial charge in [-0.25, -0.2) is 0 Å². The molecule has 2 aromatic carbocycles. The summed E-state index contributed by atoms with van der Waals surface area (Å²) in [5.41, 5.74) is 7.93. The van der Waals surface area contributed by atoms with Crippen LogP contribution in [-0.4, -0.2) is 43.6 Å². The van der Waals surface area contributed by atoms with E-state index in [9.17, 15) is 27.6 Å². The molecule has 1 heterocycles. The van der Waals surface area contributed by atoms with Crippen LogP contribution in [0.3, 0.4) is 0 Å². The maximum Gasteiger partial charge on any atom is 0.406 e. The van der Waals surface area contributed by atoms with Crippen molar-refractivity contribution in [3.8, 4) is 5.75 Å². The number of para-hydroxylation sites is 2. The summed E-state index contributed by atoms with van der Waals surface area (Å²) in [5.74, 6) is -0.561. The number of benzene rings is 2. The largest absolute Gasteiger partial charge is 0.491 e. The average molecular weight is 536 g/mol. The zero-order valence-corrected chi connectivity index (χ0v) is 22.3. The van der Waals surface area contributed by atoms with Crippen molar-refractivity contribution in [2.45, 2.75) is 59.6 Å². The molecule has 1 aliphatic carbocycles. The van der Waals surface area contributed by atoms with E-state index in [1.165, 1.54) is 6.07 Å². The number of anilines is 1. The molecule has 0 spiro atoms. The molecule has 0 aromatic heterocycles. The van der Waals surface area contributed by atoms with Gasteiger partial charge in [-0.05, 0) is 61.6 Å². The van der Waals surface area contributed by atoms with Gasteiger partial charge in [0, 0.05) is 12.1 Å². The summed E-state index contributed by atoms with van der Waals surface area (Å²) in [6.07, 6.45) is -2.15. The lowest BCUT2D eigenvalue weighted by molar-refractivity contribution is -0.132. The van der Waals surface area contributed by atoms with Crippen LogP contribution in [0.25, 0.3) is 0 Å². The molecule has 0 radical (unpaired) electrons. The van der Waals surface area contributed by atoms with Gasteiger partial charge in [-0.2, -0.15) is 13.2 Å². The van der Waals surface area contributed by atoms with Crippen molar-refractivity contribution in [2.75, 3.05) is 24.6 Å². The van der Waals surface area contributed by atoms with Crippen LogP contribution in [0, 0.1) is 5.41 Å². The van der Waals surface area contributed by atoms with E-state index in [1.54, 1.807) is 24.3 Å². The Morgan fingerprint density at radius 3 is 2.42 bits per heavy atom. The third kappa shape index (κ3) is 7.97. The summed E-state index contributed by atoms with van der Waals surface area (Å²) in [7, 11) is 0. The minimum Gasteiger partial charge on any atom is -0.491 e. The second kappa shape index (κ2) is 13.3. The van der Waals surface area contributed by atoms with E-state index in [1.807, 2.05) is 39.8 Å². The van der Waals surface area contributed by atoms with E-state index in [0.717, 1.165) is 28.9 Å². The van der Waals surface area contributed by atoms with Crippen LogP contribution in [0.2, 0.25) is 0 Å². The second-order valence-electron chi connectivity index (χ2n) is 9.11. The zero-order valence-electron chi connectivity index (χ0n) is 22.3. The Hall–Kier alpha value is -3.56. The minimum atomic E-state index is -4.42. The summed E-state index contributed by atoms with van der Waals surface area (Å²) < 4.78 is 42.5. The van der Waals surface area contributed by atoms with E-state index >= 15 is 0 Å². The number of hydrogen-bond donors (Lipinski definition) is 2. The number of rotatable bonds is 4. The lowest BCUT2D eigenvalue weighted by atomic mass is 9.72. The summed E-state index contributed by atoms with van der Waals surface area (Å²) in [6, 6.07) is 11.7. The number of nitrogens with two attached hydrogens (primary N) is 1. The van der Waals surface area contributed by atoms with Gasteiger partial charge in [-0.15, -0.1) is 0 Å². The number of carbonyl (C=O) groups is 3. The van der Waals surface area contributed by atoms with Crippen molar-refractivity contribution in [2.24, 2.45) is 11.1 Å². The Labute approximate surface area is 221 Å². The third-order valence-electron chi connectivity index (χ3n) is 6.27. The van der Waals surface area contributed by atoms with Crippen LogP contribution < -0.4 is 20.7 Å². The van der Waals surface area contributed by atoms with Gasteiger partial charge in [0.2, 0.25) is 17.7 Å². The van der Waals surface area contributed by atoms with Gasteiger partial charge in [0.05, 0.1) is 24.1 Å². The van der Waals surface area contributed by atoms with Crippen molar-refractivity contribution in [1.82, 2.24) is 5.32 Å². The van der Waals surface area contributed by atoms with Gasteiger partial charge in [-0.1, -0.05) is 39.0 Å². The molecule has 0 saturated carbocycles. The highest BCUT2D eigenvalue weighted by molar-refractivity contribution is 5.95. The number of nitrogens with zero attached hydrogens (tertiary/aromatic N) is 1. The summed E-state index contributed by atoms with van der Waals surface area (Å²) in [6.45, 7) is 7.40. The van der Waals surface area contributed by atoms with E-state index in [4.69, 9.17) is 10.5 Å². The Morgan fingerprint density at radius 1 is 1.11 bits per heavy atom. The maximum atomic E-state index is 12.4. The van der Waals surface area contributed by atoms with Crippen LogP contribution in [-0.2, 0) is 22.4 Å². The molecule has 38 heavy (non-hydrogen) atoms. The first-order valence-corrected chi connectivity index (χ1v) is 12.7. The van der Waals surface area contributed by atoms with Gasteiger partial charge in [0.25, 0.3) is 0 Å². The summed E-state index contributed by atoms with van der Waals surface area (Å²) in [5, 5.41) is 2.90. The molecule has 4 rings (SSSR count). The standard InChI is InChI=1S/C15H20N2O2.C11H10F3NO2.C2H6/c1-3-17-14(19)15(2)7-6-10-8-11(13(16)18)4-5-12(10)9-15;12-11(13,14)7-15-8-3-1-2-4-9(8)17-6-5-10(15)16;1-2/h4-5,8H,3,6-7,9H2,1-2H3,(H2,16,18)(H,17,19);1-4H,5-7H2;1-2H3. The molecule has 1 unspecified atom stereocenters. The molecule has 3 amide bonds. The molecule has 3 N–H and O–H groups in total. The molecular weight excluding hydrogens is 499 g/mol. The van der Waals surface area contributed by atoms with E-state index in [-0.39, 0.29) is 30.0 Å². The van der Waals surface area contributed by atoms with Crippen molar-refractivity contribution in [3.05, 3.63) is 59.2 Å². The molecule has 1 aliphatic heterocycles. The van der Waals surface area contributed by atoms with Gasteiger partial charge >= 0.3 is 6.18 Å². The van der Waals surface area contributed by atoms with Crippen LogP contribution in [0.5, 0.6) is 5.75 Å². The third-order valence-corrected chi connectivity index (χ3v) is 6.27. The number of ether oxygens (including phenoxy) is 1. The Balaban J connectivity index is 0.000000252. The summed E-state index contributed by atoms with van der Waals surface area (Å²) >= 11 is 0. The van der Waals surface area contributed by atoms with E-state index in [0.29, 0.717) is 24.3 Å². The van der Waals surface area contributed by atoms with Crippen LogP contribution in [0.4, 0.5) is 18.9 Å². The zero-order chi connectivity index (χ0) is 28.5. The quantitative estimate of drug-likeness (QED) is 0.587. The van der Waals surface area contributed by atoms with Gasteiger partial charge in [-0.3, -0.25) is 19.3 Å². The van der Waals surface area contributed by atoms with Gasteiger partial charge < -0.3 is 15.8 Å². The molecule has 0 fully saturated rings. The normalized spacial score (nSPS) is 18.2. The number of carbonyl (C=O) groups excluding carboxylic acids is 3. The fraction of sp³-hybridized carbons (Fsp3) is 0.464. The summed E-state index contributed by atoms with van der Waals surface area (Å²) in [4.78, 5) is 35.6. The number of hydrogen-bond acceptors (Lipinski definition) is 4. The molecule has 2 aliphatic rings. The average Bonchev–Trinajstić information content (AvgIpc) is 3.03. The lowest BCUT2D eigenvalue weighted by Crippen LogP contribution is -2.42. The monoisotopic (exact) mass is 535 g/mol. The van der Waals surface area contributed by atoms with Crippen LogP contribution >= 0.6 is 0 Å². The number of alkyl halides is 3. The van der Waals surface area contributed by atoms with Gasteiger partial charge in [0.1, 0.15) is 12.3 Å². The molecule has 0 bridgehead atoms. The number of aryl methyl sites for hydroxylation is 1. The number of amides is 3. The Morgan fingerprint density at radius 2 is 1.79 bits per heavy atom. The highest BCUT2D eigenvalue weighted by atomic mass is 19.4. The van der Waals surface area contributed by atoms with E-state index in [2.05, 4.69) is 5.32 Å². The fourth-order valence-electron chi connectivity index (χ4n) is 4.34. The second-order valence-corrected chi connectivity index (χ2v) is 9.11. The molecular formula is C28H36F3N3O4. The molecule has 0 saturated heterocycles. The predicted molar refractivity (Wildman–Crippen MR) is 140 cm³/mol. The molecule has 10 heteroatoms. The van der Waals surface area contributed by atoms with E-state index < -0.39 is 24.5 Å².